The van der Waals surface area contributed by atoms with Gasteiger partial charge in [0.1, 0.15) is 0 Å². The molecule has 2 N–H and O–H groups in total. The molecular weight excluding hydrogens is 212 g/mol. The van der Waals surface area contributed by atoms with Crippen LogP contribution in [0, 0.1) is 5.41 Å². The zero-order valence-electron chi connectivity index (χ0n) is 10.5. The van der Waals surface area contributed by atoms with Gasteiger partial charge >= 0.3 is 0 Å². The predicted octanol–water partition coefficient (Wildman–Crippen LogP) is 2.11. The van der Waals surface area contributed by atoms with Crippen molar-refractivity contribution in [3.63, 3.8) is 0 Å². The smallest absolute Gasteiger partial charge is 0.0605 e. The summed E-state index contributed by atoms with van der Waals surface area (Å²) < 4.78 is 0. The summed E-state index contributed by atoms with van der Waals surface area (Å²) in [4.78, 5) is 4.28. The van der Waals surface area contributed by atoms with E-state index in [2.05, 4.69) is 17.2 Å². The number of hydrogen-bond donors (Lipinski definition) is 2. The van der Waals surface area contributed by atoms with Crippen molar-refractivity contribution in [1.82, 2.24) is 10.3 Å². The summed E-state index contributed by atoms with van der Waals surface area (Å²) in [6.45, 7) is 3.83. The lowest BCUT2D eigenvalue weighted by Gasteiger charge is -2.38. The number of pyridine rings is 1. The fourth-order valence-electron chi connectivity index (χ4n) is 2.57. The van der Waals surface area contributed by atoms with E-state index in [0.29, 0.717) is 0 Å². The molecule has 3 nitrogen and oxygen atoms in total. The number of nitrogens with zero attached hydrogens (tertiary/aromatic N) is 1. The number of aromatic nitrogens is 1. The van der Waals surface area contributed by atoms with Crippen LogP contribution in [0.3, 0.4) is 0 Å². The summed E-state index contributed by atoms with van der Waals surface area (Å²) in [7, 11) is 0. The van der Waals surface area contributed by atoms with Crippen LogP contribution in [0.1, 0.15) is 38.3 Å². The zero-order chi connectivity index (χ0) is 12.1. The number of rotatable bonds is 4. The summed E-state index contributed by atoms with van der Waals surface area (Å²) in [5, 5.41) is 13.5. The molecule has 0 amide bonds. The van der Waals surface area contributed by atoms with E-state index in [4.69, 9.17) is 0 Å². The lowest BCUT2D eigenvalue weighted by molar-refractivity contribution is 0.00111. The summed E-state index contributed by atoms with van der Waals surface area (Å²) in [5.41, 5.74) is 1.09. The largest absolute Gasteiger partial charge is 0.393 e. The highest BCUT2D eigenvalue weighted by molar-refractivity contribution is 5.03. The van der Waals surface area contributed by atoms with Gasteiger partial charge in [-0.15, -0.1) is 0 Å². The van der Waals surface area contributed by atoms with E-state index < -0.39 is 0 Å². The second kappa shape index (κ2) is 5.61. The number of nitrogens with one attached hydrogen (secondary N) is 1. The minimum absolute atomic E-state index is 0.0348. The average Bonchev–Trinajstić information content (AvgIpc) is 2.35. The van der Waals surface area contributed by atoms with Gasteiger partial charge in [-0.3, -0.25) is 4.98 Å². The Hall–Kier alpha value is -0.930. The minimum Gasteiger partial charge on any atom is -0.393 e. The molecule has 1 aromatic heterocycles. The zero-order valence-corrected chi connectivity index (χ0v) is 10.5. The Kier molecular flexibility index (Phi) is 4.13. The lowest BCUT2D eigenvalue weighted by atomic mass is 9.73. The Morgan fingerprint density at radius 1 is 1.47 bits per heavy atom. The molecule has 1 aromatic rings. The Bertz CT molecular complexity index is 341. The third-order valence-corrected chi connectivity index (χ3v) is 3.84. The van der Waals surface area contributed by atoms with Crippen LogP contribution in [0.15, 0.2) is 24.4 Å². The summed E-state index contributed by atoms with van der Waals surface area (Å²) in [6, 6.07) is 5.95. The molecule has 2 unspecified atom stereocenters. The van der Waals surface area contributed by atoms with Gasteiger partial charge in [-0.1, -0.05) is 25.8 Å². The Morgan fingerprint density at radius 3 is 3.06 bits per heavy atom. The van der Waals surface area contributed by atoms with E-state index in [-0.39, 0.29) is 11.5 Å². The summed E-state index contributed by atoms with van der Waals surface area (Å²) in [5.74, 6) is 0. The molecule has 0 saturated heterocycles. The molecule has 1 heterocycles. The molecule has 1 aliphatic rings. The highest BCUT2D eigenvalue weighted by atomic mass is 16.3. The van der Waals surface area contributed by atoms with Gasteiger partial charge in [-0.05, 0) is 25.0 Å². The highest BCUT2D eigenvalue weighted by Crippen LogP contribution is 2.35. The number of aliphatic hydroxyl groups excluding tert-OH is 1. The molecular formula is C14H22N2O. The van der Waals surface area contributed by atoms with Crippen molar-refractivity contribution in [2.45, 2.75) is 45.3 Å². The maximum atomic E-state index is 10.1. The van der Waals surface area contributed by atoms with Crippen molar-refractivity contribution < 1.29 is 5.11 Å². The molecule has 94 valence electrons. The van der Waals surface area contributed by atoms with Gasteiger partial charge in [0.15, 0.2) is 0 Å². The first-order chi connectivity index (χ1) is 8.21. The van der Waals surface area contributed by atoms with Crippen LogP contribution in [0.4, 0.5) is 0 Å². The molecule has 0 aliphatic heterocycles. The van der Waals surface area contributed by atoms with Crippen molar-refractivity contribution in [1.29, 1.82) is 0 Å². The quantitative estimate of drug-likeness (QED) is 0.838. The predicted molar refractivity (Wildman–Crippen MR) is 68.5 cm³/mol. The van der Waals surface area contributed by atoms with Crippen molar-refractivity contribution in [3.8, 4) is 0 Å². The molecule has 0 aromatic carbocycles. The Balaban J connectivity index is 1.81. The first-order valence-electron chi connectivity index (χ1n) is 6.49. The average molecular weight is 234 g/mol. The monoisotopic (exact) mass is 234 g/mol. The second-order valence-corrected chi connectivity index (χ2v) is 5.34. The van der Waals surface area contributed by atoms with E-state index in [9.17, 15) is 5.11 Å². The molecule has 0 spiro atoms. The molecule has 2 atom stereocenters. The van der Waals surface area contributed by atoms with Crippen LogP contribution < -0.4 is 5.32 Å². The number of aliphatic hydroxyl groups is 1. The normalized spacial score (nSPS) is 29.2. The van der Waals surface area contributed by atoms with E-state index in [1.165, 1.54) is 6.42 Å². The topological polar surface area (TPSA) is 45.2 Å². The fraction of sp³-hybridized carbons (Fsp3) is 0.643. The van der Waals surface area contributed by atoms with Gasteiger partial charge in [0, 0.05) is 24.7 Å². The number of hydrogen-bond acceptors (Lipinski definition) is 3. The van der Waals surface area contributed by atoms with Gasteiger partial charge in [0.25, 0.3) is 0 Å². The lowest BCUT2D eigenvalue weighted by Crippen LogP contribution is -2.43. The van der Waals surface area contributed by atoms with Crippen LogP contribution in [0.2, 0.25) is 0 Å². The van der Waals surface area contributed by atoms with Gasteiger partial charge in [0.05, 0.1) is 11.8 Å². The molecule has 0 radical (unpaired) electrons. The van der Waals surface area contributed by atoms with E-state index in [1.807, 2.05) is 24.4 Å². The standard InChI is InChI=1S/C14H22N2O/c1-14(8-4-2-7-13(14)17)11-15-10-12-6-3-5-9-16-12/h3,5-6,9,13,15,17H,2,4,7-8,10-11H2,1H3. The molecule has 17 heavy (non-hydrogen) atoms. The molecule has 0 bridgehead atoms. The summed E-state index contributed by atoms with van der Waals surface area (Å²) in [6.07, 6.45) is 6.11. The Labute approximate surface area is 103 Å². The van der Waals surface area contributed by atoms with Crippen molar-refractivity contribution >= 4 is 0 Å². The minimum atomic E-state index is -0.160. The van der Waals surface area contributed by atoms with Crippen LogP contribution >= 0.6 is 0 Å². The van der Waals surface area contributed by atoms with E-state index >= 15 is 0 Å². The van der Waals surface area contributed by atoms with E-state index in [1.54, 1.807) is 0 Å². The summed E-state index contributed by atoms with van der Waals surface area (Å²) >= 11 is 0. The van der Waals surface area contributed by atoms with Crippen LogP contribution in [-0.4, -0.2) is 22.7 Å². The van der Waals surface area contributed by atoms with Crippen LogP contribution in [0.25, 0.3) is 0 Å². The third kappa shape index (κ3) is 3.27. The van der Waals surface area contributed by atoms with Gasteiger partial charge in [0.2, 0.25) is 0 Å². The maximum Gasteiger partial charge on any atom is 0.0605 e. The SMILES string of the molecule is CC1(CNCc2ccccn2)CCCCC1O. The van der Waals surface area contributed by atoms with Gasteiger partial charge in [-0.25, -0.2) is 0 Å². The van der Waals surface area contributed by atoms with E-state index in [0.717, 1.165) is 38.0 Å². The Morgan fingerprint density at radius 2 is 2.35 bits per heavy atom. The third-order valence-electron chi connectivity index (χ3n) is 3.84. The highest BCUT2D eigenvalue weighted by Gasteiger charge is 2.34. The molecule has 3 heteroatoms. The molecule has 1 fully saturated rings. The molecule has 2 rings (SSSR count). The van der Waals surface area contributed by atoms with Crippen molar-refractivity contribution in [2.24, 2.45) is 5.41 Å². The first kappa shape index (κ1) is 12.5. The molecule has 1 saturated carbocycles. The van der Waals surface area contributed by atoms with Crippen molar-refractivity contribution in [3.05, 3.63) is 30.1 Å². The second-order valence-electron chi connectivity index (χ2n) is 5.34. The van der Waals surface area contributed by atoms with Crippen molar-refractivity contribution in [2.75, 3.05) is 6.54 Å². The van der Waals surface area contributed by atoms with Crippen LogP contribution in [-0.2, 0) is 6.54 Å². The van der Waals surface area contributed by atoms with Crippen LogP contribution in [0.5, 0.6) is 0 Å². The van der Waals surface area contributed by atoms with Gasteiger partial charge < -0.3 is 10.4 Å². The fourth-order valence-corrected chi connectivity index (χ4v) is 2.57. The first-order valence-corrected chi connectivity index (χ1v) is 6.49. The molecule has 1 aliphatic carbocycles. The van der Waals surface area contributed by atoms with Gasteiger partial charge in [-0.2, -0.15) is 0 Å². The maximum absolute atomic E-state index is 10.1.